The molecule has 9 heteroatoms. The Morgan fingerprint density at radius 2 is 1.62 bits per heavy atom. The molecule has 8 nitrogen and oxygen atoms in total. The van der Waals surface area contributed by atoms with Gasteiger partial charge in [-0.1, -0.05) is 0 Å². The number of anilines is 1. The second kappa shape index (κ2) is 7.02. The smallest absolute Gasteiger partial charge is 0.274 e. The van der Waals surface area contributed by atoms with E-state index in [9.17, 15) is 13.2 Å². The highest BCUT2D eigenvalue weighted by Gasteiger charge is 2.27. The number of rotatable bonds is 3. The summed E-state index contributed by atoms with van der Waals surface area (Å²) in [6.07, 6.45) is 4.76. The normalized spacial score (nSPS) is 20.2. The van der Waals surface area contributed by atoms with Crippen LogP contribution in [0.15, 0.2) is 12.1 Å². The van der Waals surface area contributed by atoms with E-state index in [0.29, 0.717) is 31.9 Å². The van der Waals surface area contributed by atoms with Crippen LogP contribution in [0.4, 0.5) is 5.82 Å². The monoisotopic (exact) mass is 353 g/mol. The van der Waals surface area contributed by atoms with Crippen molar-refractivity contribution >= 4 is 21.7 Å². The maximum atomic E-state index is 12.5. The molecule has 2 saturated heterocycles. The molecule has 0 atom stereocenters. The van der Waals surface area contributed by atoms with Gasteiger partial charge in [0.25, 0.3) is 5.91 Å². The molecule has 0 aliphatic carbocycles. The summed E-state index contributed by atoms with van der Waals surface area (Å²) in [5.41, 5.74) is 0.309. The lowest BCUT2D eigenvalue weighted by atomic mass is 10.1. The molecule has 0 radical (unpaired) electrons. The van der Waals surface area contributed by atoms with Crippen LogP contribution >= 0.6 is 0 Å². The van der Waals surface area contributed by atoms with Gasteiger partial charge in [0, 0.05) is 39.3 Å². The third kappa shape index (κ3) is 3.84. The van der Waals surface area contributed by atoms with Crippen molar-refractivity contribution in [3.63, 3.8) is 0 Å². The largest absolute Gasteiger partial charge is 0.355 e. The van der Waals surface area contributed by atoms with E-state index < -0.39 is 10.0 Å². The number of piperazine rings is 1. The van der Waals surface area contributed by atoms with E-state index in [1.807, 2.05) is 6.07 Å². The molecule has 132 valence electrons. The van der Waals surface area contributed by atoms with Crippen LogP contribution in [0.1, 0.15) is 29.8 Å². The van der Waals surface area contributed by atoms with Crippen molar-refractivity contribution in [2.24, 2.45) is 0 Å². The van der Waals surface area contributed by atoms with Crippen molar-refractivity contribution < 1.29 is 13.2 Å². The van der Waals surface area contributed by atoms with Gasteiger partial charge in [0.2, 0.25) is 10.0 Å². The van der Waals surface area contributed by atoms with E-state index in [4.69, 9.17) is 0 Å². The number of amides is 1. The molecule has 1 aromatic heterocycles. The zero-order valence-electron chi connectivity index (χ0n) is 13.9. The van der Waals surface area contributed by atoms with Crippen LogP contribution in [-0.2, 0) is 10.0 Å². The second-order valence-electron chi connectivity index (χ2n) is 6.28. The number of nitrogens with zero attached hydrogens (tertiary/aromatic N) is 5. The van der Waals surface area contributed by atoms with Gasteiger partial charge in [0.15, 0.2) is 11.5 Å². The van der Waals surface area contributed by atoms with E-state index >= 15 is 0 Å². The van der Waals surface area contributed by atoms with Gasteiger partial charge in [-0.3, -0.25) is 4.79 Å². The van der Waals surface area contributed by atoms with E-state index in [1.165, 1.54) is 17.0 Å². The first-order valence-electron chi connectivity index (χ1n) is 8.28. The highest BCUT2D eigenvalue weighted by molar-refractivity contribution is 7.88. The summed E-state index contributed by atoms with van der Waals surface area (Å²) in [6.45, 7) is 3.36. The zero-order valence-corrected chi connectivity index (χ0v) is 14.7. The van der Waals surface area contributed by atoms with Gasteiger partial charge in [-0.05, 0) is 31.4 Å². The number of sulfonamides is 1. The number of hydrogen-bond donors (Lipinski definition) is 0. The summed E-state index contributed by atoms with van der Waals surface area (Å²) in [5, 5.41) is 8.28. The Morgan fingerprint density at radius 1 is 0.958 bits per heavy atom. The number of carbonyl (C=O) groups excluding carboxylic acids is 1. The van der Waals surface area contributed by atoms with Gasteiger partial charge in [-0.25, -0.2) is 8.42 Å². The van der Waals surface area contributed by atoms with Crippen molar-refractivity contribution in [3.05, 3.63) is 17.8 Å². The Morgan fingerprint density at radius 3 is 2.17 bits per heavy atom. The van der Waals surface area contributed by atoms with Crippen LogP contribution in [0.5, 0.6) is 0 Å². The van der Waals surface area contributed by atoms with Crippen molar-refractivity contribution in [3.8, 4) is 0 Å². The fraction of sp³-hybridized carbons (Fsp3) is 0.667. The maximum absolute atomic E-state index is 12.5. The molecule has 3 rings (SSSR count). The van der Waals surface area contributed by atoms with Crippen LogP contribution < -0.4 is 4.90 Å². The van der Waals surface area contributed by atoms with E-state index in [-0.39, 0.29) is 5.91 Å². The third-order valence-corrected chi connectivity index (χ3v) is 5.85. The summed E-state index contributed by atoms with van der Waals surface area (Å²) >= 11 is 0. The van der Waals surface area contributed by atoms with Crippen LogP contribution in [0, 0.1) is 0 Å². The lowest BCUT2D eigenvalue weighted by molar-refractivity contribution is 0.0691. The van der Waals surface area contributed by atoms with Gasteiger partial charge in [0.1, 0.15) is 0 Å². The first-order chi connectivity index (χ1) is 11.4. The highest BCUT2D eigenvalue weighted by atomic mass is 32.2. The Bertz CT molecular complexity index is 678. The fourth-order valence-corrected chi connectivity index (χ4v) is 3.94. The number of aromatic nitrogens is 2. The van der Waals surface area contributed by atoms with Crippen molar-refractivity contribution in [1.29, 1.82) is 0 Å². The maximum Gasteiger partial charge on any atom is 0.274 e. The van der Waals surface area contributed by atoms with Gasteiger partial charge in [-0.2, -0.15) is 4.31 Å². The molecule has 0 unspecified atom stereocenters. The molecule has 0 bridgehead atoms. The summed E-state index contributed by atoms with van der Waals surface area (Å²) in [5.74, 6) is 0.619. The fourth-order valence-electron chi connectivity index (χ4n) is 3.12. The first kappa shape index (κ1) is 17.1. The Labute approximate surface area is 142 Å². The lowest BCUT2D eigenvalue weighted by Crippen LogP contribution is -2.50. The quantitative estimate of drug-likeness (QED) is 0.771. The van der Waals surface area contributed by atoms with E-state index in [0.717, 1.165) is 31.7 Å². The SMILES string of the molecule is CS(=O)(=O)N1CCN(C(=O)c2ccc(N3CCCCC3)nn2)CC1. The summed E-state index contributed by atoms with van der Waals surface area (Å²) in [6, 6.07) is 3.56. The van der Waals surface area contributed by atoms with E-state index in [2.05, 4.69) is 15.1 Å². The lowest BCUT2D eigenvalue weighted by Gasteiger charge is -2.33. The molecule has 2 aliphatic rings. The number of carbonyl (C=O) groups is 1. The Balaban J connectivity index is 1.61. The average molecular weight is 353 g/mol. The van der Waals surface area contributed by atoms with Crippen LogP contribution in [0.3, 0.4) is 0 Å². The minimum Gasteiger partial charge on any atom is -0.355 e. The number of hydrogen-bond acceptors (Lipinski definition) is 6. The van der Waals surface area contributed by atoms with Gasteiger partial charge >= 0.3 is 0 Å². The zero-order chi connectivity index (χ0) is 17.2. The van der Waals surface area contributed by atoms with Crippen molar-refractivity contribution in [2.75, 3.05) is 50.4 Å². The molecule has 0 N–H and O–H groups in total. The average Bonchev–Trinajstić information content (AvgIpc) is 2.61. The molecular weight excluding hydrogens is 330 g/mol. The van der Waals surface area contributed by atoms with Crippen molar-refractivity contribution in [2.45, 2.75) is 19.3 Å². The second-order valence-corrected chi connectivity index (χ2v) is 8.26. The summed E-state index contributed by atoms with van der Waals surface area (Å²) < 4.78 is 24.4. The molecule has 2 aliphatic heterocycles. The molecule has 24 heavy (non-hydrogen) atoms. The topological polar surface area (TPSA) is 86.7 Å². The molecule has 0 spiro atoms. The van der Waals surface area contributed by atoms with Crippen LogP contribution in [0.25, 0.3) is 0 Å². The molecule has 1 amide bonds. The molecule has 1 aromatic rings. The van der Waals surface area contributed by atoms with Crippen molar-refractivity contribution in [1.82, 2.24) is 19.4 Å². The van der Waals surface area contributed by atoms with Crippen LogP contribution in [0.2, 0.25) is 0 Å². The minimum atomic E-state index is -3.20. The molecule has 0 aromatic carbocycles. The molecule has 2 fully saturated rings. The Kier molecular flexibility index (Phi) is 5.00. The van der Waals surface area contributed by atoms with Gasteiger partial charge in [-0.15, -0.1) is 10.2 Å². The number of piperidine rings is 1. The Hall–Kier alpha value is -1.74. The van der Waals surface area contributed by atoms with Gasteiger partial charge < -0.3 is 9.80 Å². The predicted molar refractivity (Wildman–Crippen MR) is 90.4 cm³/mol. The first-order valence-corrected chi connectivity index (χ1v) is 10.1. The highest BCUT2D eigenvalue weighted by Crippen LogP contribution is 2.17. The molecule has 0 saturated carbocycles. The third-order valence-electron chi connectivity index (χ3n) is 4.54. The molecular formula is C15H23N5O3S. The minimum absolute atomic E-state index is 0.194. The van der Waals surface area contributed by atoms with Crippen LogP contribution in [-0.4, -0.2) is 79.3 Å². The van der Waals surface area contributed by atoms with Gasteiger partial charge in [0.05, 0.1) is 6.26 Å². The molecule has 3 heterocycles. The predicted octanol–water partition coefficient (Wildman–Crippen LogP) is 0.184. The summed E-state index contributed by atoms with van der Waals surface area (Å²) in [7, 11) is -3.20. The standard InChI is InChI=1S/C15H23N5O3S/c1-24(22,23)20-11-9-19(10-12-20)15(21)13-5-6-14(17-16-13)18-7-3-2-4-8-18/h5-6H,2-4,7-12H2,1H3. The van der Waals surface area contributed by atoms with E-state index in [1.54, 1.807) is 11.0 Å². The summed E-state index contributed by atoms with van der Waals surface area (Å²) in [4.78, 5) is 16.3.